The van der Waals surface area contributed by atoms with Crippen LogP contribution in [0.1, 0.15) is 37.7 Å². The molecule has 0 aliphatic heterocycles. The number of carboxylic acid groups (broad SMARTS) is 1. The number of benzene rings is 1. The van der Waals surface area contributed by atoms with E-state index in [-0.39, 0.29) is 5.91 Å². The summed E-state index contributed by atoms with van der Waals surface area (Å²) in [6.45, 7) is 0. The predicted octanol–water partition coefficient (Wildman–Crippen LogP) is 3.44. The zero-order valence-corrected chi connectivity index (χ0v) is 13.0. The second-order valence-electron chi connectivity index (χ2n) is 5.39. The van der Waals surface area contributed by atoms with Crippen LogP contribution in [0.2, 0.25) is 10.0 Å². The van der Waals surface area contributed by atoms with Gasteiger partial charge in [-0.1, -0.05) is 29.3 Å². The molecule has 0 saturated heterocycles. The van der Waals surface area contributed by atoms with Crippen LogP contribution in [0.4, 0.5) is 0 Å². The molecule has 0 heterocycles. The van der Waals surface area contributed by atoms with Crippen LogP contribution in [-0.4, -0.2) is 22.5 Å². The lowest BCUT2D eigenvalue weighted by Crippen LogP contribution is -2.59. The number of carbonyl (C=O) groups is 2. The van der Waals surface area contributed by atoms with Gasteiger partial charge in [-0.3, -0.25) is 4.79 Å². The number of nitrogens with one attached hydrogen (secondary N) is 1. The summed E-state index contributed by atoms with van der Waals surface area (Å²) in [7, 11) is 0. The van der Waals surface area contributed by atoms with Gasteiger partial charge in [0.05, 0.1) is 10.0 Å². The Balaban J connectivity index is 1.79. The molecule has 114 valence electrons. The van der Waals surface area contributed by atoms with E-state index >= 15 is 0 Å². The van der Waals surface area contributed by atoms with Gasteiger partial charge in [0.2, 0.25) is 5.91 Å². The molecule has 1 fully saturated rings. The second kappa shape index (κ2) is 6.67. The minimum atomic E-state index is -1.03. The Bertz CT molecular complexity index is 556. The molecule has 0 unspecified atom stereocenters. The molecule has 0 bridgehead atoms. The van der Waals surface area contributed by atoms with E-state index in [4.69, 9.17) is 28.3 Å². The van der Waals surface area contributed by atoms with Crippen molar-refractivity contribution in [2.45, 2.75) is 44.1 Å². The Morgan fingerprint density at radius 1 is 1.24 bits per heavy atom. The molecule has 1 aliphatic carbocycles. The fourth-order valence-corrected chi connectivity index (χ4v) is 2.72. The number of halogens is 2. The standard InChI is InChI=1S/C15H17Cl2NO3/c16-11-6-5-10(9-12(11)17)3-1-4-13(19)18-15(14(20)21)7-2-8-15/h5-6,9H,1-4,7-8H2,(H,18,19)(H,20,21). The number of aliphatic carboxylic acids is 1. The molecule has 1 saturated carbocycles. The number of rotatable bonds is 6. The van der Waals surface area contributed by atoms with Crippen molar-refractivity contribution in [2.75, 3.05) is 0 Å². The van der Waals surface area contributed by atoms with Crippen LogP contribution in [0, 0.1) is 0 Å². The molecule has 1 aromatic carbocycles. The SMILES string of the molecule is O=C(CCCc1ccc(Cl)c(Cl)c1)NC1(C(=O)O)CCC1. The van der Waals surface area contributed by atoms with Crippen molar-refractivity contribution in [2.24, 2.45) is 0 Å². The van der Waals surface area contributed by atoms with Crippen LogP contribution in [-0.2, 0) is 16.0 Å². The third-order valence-electron chi connectivity index (χ3n) is 3.85. The van der Waals surface area contributed by atoms with Crippen LogP contribution in [0.3, 0.4) is 0 Å². The first-order valence-corrected chi connectivity index (χ1v) is 7.67. The smallest absolute Gasteiger partial charge is 0.329 e. The fraction of sp³-hybridized carbons (Fsp3) is 0.467. The van der Waals surface area contributed by atoms with Crippen molar-refractivity contribution in [3.05, 3.63) is 33.8 Å². The predicted molar refractivity (Wildman–Crippen MR) is 81.8 cm³/mol. The Labute approximate surface area is 133 Å². The molecule has 0 radical (unpaired) electrons. The summed E-state index contributed by atoms with van der Waals surface area (Å²) in [6.07, 6.45) is 3.51. The van der Waals surface area contributed by atoms with Crippen molar-refractivity contribution in [1.29, 1.82) is 0 Å². The zero-order chi connectivity index (χ0) is 15.5. The maximum atomic E-state index is 11.8. The highest BCUT2D eigenvalue weighted by atomic mass is 35.5. The van der Waals surface area contributed by atoms with Crippen molar-refractivity contribution < 1.29 is 14.7 Å². The van der Waals surface area contributed by atoms with E-state index in [1.165, 1.54) is 0 Å². The lowest BCUT2D eigenvalue weighted by molar-refractivity contribution is -0.151. The first-order chi connectivity index (χ1) is 9.93. The molecular weight excluding hydrogens is 313 g/mol. The first-order valence-electron chi connectivity index (χ1n) is 6.91. The van der Waals surface area contributed by atoms with E-state index in [9.17, 15) is 9.59 Å². The average molecular weight is 330 g/mol. The van der Waals surface area contributed by atoms with Crippen LogP contribution in [0.5, 0.6) is 0 Å². The number of aryl methyl sites for hydroxylation is 1. The number of amides is 1. The lowest BCUT2D eigenvalue weighted by Gasteiger charge is -2.38. The van der Waals surface area contributed by atoms with Gasteiger partial charge in [-0.2, -0.15) is 0 Å². The van der Waals surface area contributed by atoms with Gasteiger partial charge in [-0.05, 0) is 49.8 Å². The number of carbonyl (C=O) groups excluding carboxylic acids is 1. The van der Waals surface area contributed by atoms with E-state index < -0.39 is 11.5 Å². The summed E-state index contributed by atoms with van der Waals surface area (Å²) in [6, 6.07) is 5.39. The van der Waals surface area contributed by atoms with Gasteiger partial charge in [-0.25, -0.2) is 4.79 Å². The highest BCUT2D eigenvalue weighted by molar-refractivity contribution is 6.42. The maximum absolute atomic E-state index is 11.8. The molecule has 2 rings (SSSR count). The van der Waals surface area contributed by atoms with Gasteiger partial charge in [0, 0.05) is 6.42 Å². The highest BCUT2D eigenvalue weighted by Gasteiger charge is 2.45. The van der Waals surface area contributed by atoms with Crippen LogP contribution in [0.25, 0.3) is 0 Å². The van der Waals surface area contributed by atoms with Crippen molar-refractivity contribution in [3.8, 4) is 0 Å². The highest BCUT2D eigenvalue weighted by Crippen LogP contribution is 2.32. The molecule has 21 heavy (non-hydrogen) atoms. The molecule has 6 heteroatoms. The summed E-state index contributed by atoms with van der Waals surface area (Å²) in [5, 5.41) is 12.8. The Morgan fingerprint density at radius 3 is 2.48 bits per heavy atom. The molecule has 2 N–H and O–H groups in total. The van der Waals surface area contributed by atoms with E-state index in [1.54, 1.807) is 12.1 Å². The Morgan fingerprint density at radius 2 is 1.95 bits per heavy atom. The van der Waals surface area contributed by atoms with E-state index in [1.807, 2.05) is 6.07 Å². The summed E-state index contributed by atoms with van der Waals surface area (Å²) < 4.78 is 0. The van der Waals surface area contributed by atoms with Gasteiger partial charge in [0.15, 0.2) is 0 Å². The minimum Gasteiger partial charge on any atom is -0.480 e. The average Bonchev–Trinajstić information content (AvgIpc) is 2.37. The maximum Gasteiger partial charge on any atom is 0.329 e. The van der Waals surface area contributed by atoms with Gasteiger partial charge >= 0.3 is 5.97 Å². The Kier molecular flexibility index (Phi) is 5.12. The summed E-state index contributed by atoms with van der Waals surface area (Å²) in [5.41, 5.74) is -0.0190. The molecule has 0 spiro atoms. The third-order valence-corrected chi connectivity index (χ3v) is 4.59. The van der Waals surface area contributed by atoms with Gasteiger partial charge in [0.1, 0.15) is 5.54 Å². The monoisotopic (exact) mass is 329 g/mol. The van der Waals surface area contributed by atoms with Crippen LogP contribution >= 0.6 is 23.2 Å². The number of hydrogen-bond donors (Lipinski definition) is 2. The topological polar surface area (TPSA) is 66.4 Å². The third kappa shape index (κ3) is 3.89. The van der Waals surface area contributed by atoms with Crippen molar-refractivity contribution >= 4 is 35.1 Å². The number of carboxylic acids is 1. The molecule has 1 amide bonds. The number of hydrogen-bond acceptors (Lipinski definition) is 2. The van der Waals surface area contributed by atoms with E-state index in [2.05, 4.69) is 5.32 Å². The van der Waals surface area contributed by atoms with Crippen molar-refractivity contribution in [1.82, 2.24) is 5.32 Å². The van der Waals surface area contributed by atoms with Gasteiger partial charge in [-0.15, -0.1) is 0 Å². The van der Waals surface area contributed by atoms with Crippen molar-refractivity contribution in [3.63, 3.8) is 0 Å². The van der Waals surface area contributed by atoms with E-state index in [0.717, 1.165) is 12.0 Å². The largest absolute Gasteiger partial charge is 0.480 e. The summed E-state index contributed by atoms with van der Waals surface area (Å²) in [5.74, 6) is -1.15. The molecular formula is C15H17Cl2NO3. The molecule has 4 nitrogen and oxygen atoms in total. The van der Waals surface area contributed by atoms with Crippen LogP contribution < -0.4 is 5.32 Å². The van der Waals surface area contributed by atoms with Gasteiger partial charge < -0.3 is 10.4 Å². The summed E-state index contributed by atoms with van der Waals surface area (Å²) >= 11 is 11.8. The van der Waals surface area contributed by atoms with Gasteiger partial charge in [0.25, 0.3) is 0 Å². The quantitative estimate of drug-likeness (QED) is 0.840. The zero-order valence-electron chi connectivity index (χ0n) is 11.5. The molecule has 1 aliphatic rings. The lowest BCUT2D eigenvalue weighted by atomic mass is 9.76. The minimum absolute atomic E-state index is 0.211. The first kappa shape index (κ1) is 16.1. The molecule has 0 atom stereocenters. The fourth-order valence-electron chi connectivity index (χ4n) is 2.40. The molecule has 1 aromatic rings. The Hall–Kier alpha value is -1.26. The van der Waals surface area contributed by atoms with E-state index in [0.29, 0.717) is 42.1 Å². The van der Waals surface area contributed by atoms with Crippen LogP contribution in [0.15, 0.2) is 18.2 Å². The normalized spacial score (nSPS) is 16.1. The summed E-state index contributed by atoms with van der Waals surface area (Å²) in [4.78, 5) is 23.0. The molecule has 0 aromatic heterocycles. The second-order valence-corrected chi connectivity index (χ2v) is 6.21.